The third-order valence-electron chi connectivity index (χ3n) is 10.7. The molecule has 4 aromatic rings. The zero-order valence-electron chi connectivity index (χ0n) is 32.8. The molecule has 0 radical (unpaired) electrons. The molecular weight excluding hydrogens is 799 g/mol. The molecule has 4 amide bonds. The largest absolute Gasteiger partial charge is 0.494 e. The second-order valence-electron chi connectivity index (χ2n) is 14.9. The number of nitrogens with zero attached hydrogens (tertiary/aromatic N) is 5. The van der Waals surface area contributed by atoms with E-state index in [0.717, 1.165) is 60.1 Å². The van der Waals surface area contributed by atoms with Gasteiger partial charge in [0.2, 0.25) is 17.8 Å². The minimum absolute atomic E-state index is 0.0859. The molecule has 14 nitrogen and oxygen atoms in total. The van der Waals surface area contributed by atoms with Crippen LogP contribution in [0.3, 0.4) is 0 Å². The number of halogens is 1. The lowest BCUT2D eigenvalue weighted by Gasteiger charge is -2.38. The number of amides is 4. The number of hydrogen-bond donors (Lipinski definition) is 3. The van der Waals surface area contributed by atoms with Gasteiger partial charge < -0.3 is 29.7 Å². The number of fused-ring (bicyclic) bond motifs is 1. The summed E-state index contributed by atoms with van der Waals surface area (Å²) in [7, 11) is 1.22. The molecule has 17 heteroatoms. The molecule has 1 aromatic heterocycles. The number of ether oxygens (including phenoxy) is 1. The van der Waals surface area contributed by atoms with Crippen molar-refractivity contribution < 1.29 is 28.5 Å². The summed E-state index contributed by atoms with van der Waals surface area (Å²) in [5.74, 6) is 0.130. The van der Waals surface area contributed by atoms with Gasteiger partial charge in [-0.2, -0.15) is 4.98 Å². The van der Waals surface area contributed by atoms with Crippen molar-refractivity contribution in [1.82, 2.24) is 25.1 Å². The van der Waals surface area contributed by atoms with E-state index in [1.165, 1.54) is 6.20 Å². The van der Waals surface area contributed by atoms with Crippen LogP contribution < -0.4 is 30.9 Å². The van der Waals surface area contributed by atoms with Crippen LogP contribution in [-0.2, 0) is 14.2 Å². The number of rotatable bonds is 14. The zero-order chi connectivity index (χ0) is 41.1. The van der Waals surface area contributed by atoms with Crippen LogP contribution >= 0.6 is 30.5 Å². The van der Waals surface area contributed by atoms with Crippen LogP contribution in [0, 0.1) is 0 Å². The number of para-hydroxylation sites is 1. The summed E-state index contributed by atoms with van der Waals surface area (Å²) in [6, 6.07) is 18.1. The van der Waals surface area contributed by atoms with Crippen LogP contribution in [0.1, 0.15) is 52.8 Å². The molecule has 1 atom stereocenters. The number of anilines is 5. The van der Waals surface area contributed by atoms with Gasteiger partial charge in [-0.05, 0) is 94.8 Å². The number of thioether (sulfide) groups is 1. The van der Waals surface area contributed by atoms with E-state index in [0.29, 0.717) is 56.4 Å². The van der Waals surface area contributed by atoms with Gasteiger partial charge in [0.25, 0.3) is 11.8 Å². The molecule has 4 heterocycles. The Morgan fingerprint density at radius 2 is 1.76 bits per heavy atom. The molecule has 3 aliphatic rings. The summed E-state index contributed by atoms with van der Waals surface area (Å²) < 4.78 is 18.7. The van der Waals surface area contributed by atoms with E-state index in [-0.39, 0.29) is 12.8 Å². The molecule has 1 unspecified atom stereocenters. The normalized spacial score (nSPS) is 17.4. The van der Waals surface area contributed by atoms with Gasteiger partial charge >= 0.3 is 0 Å². The smallest absolute Gasteiger partial charge is 0.263 e. The molecule has 0 saturated carbocycles. The molecule has 2 fully saturated rings. The second kappa shape index (κ2) is 17.5. The standard InChI is InChI=1S/C41H46ClN8O6PS/c1-48(19-8-22-58-34-12-7-9-27-36(34)40(54)50(39(27)53)31-15-16-35(51)46-38(31)52)25-17-20-49(21-18-25)26-13-14-29(32(23-26)56-2)45-41-43-24-28(42)37(47-41)44-30-10-5-6-11-33(30)57(3,4)55/h5-7,9-14,23-25,31H,8,15-22H2,1-4H3,(H,46,51,52)(H2,43,44,45,47). The van der Waals surface area contributed by atoms with Gasteiger partial charge in [0.15, 0.2) is 5.82 Å². The van der Waals surface area contributed by atoms with E-state index in [9.17, 15) is 23.7 Å². The second-order valence-corrected chi connectivity index (χ2v) is 19.6. The lowest BCUT2D eigenvalue weighted by Crippen LogP contribution is -2.54. The first-order valence-corrected chi connectivity index (χ1v) is 23.1. The molecule has 7 rings (SSSR count). The average Bonchev–Trinajstić information content (AvgIpc) is 3.46. The number of imide groups is 2. The highest BCUT2D eigenvalue weighted by Gasteiger charge is 2.45. The fourth-order valence-corrected chi connectivity index (χ4v) is 9.94. The fraction of sp³-hybridized carbons (Fsp3) is 0.366. The zero-order valence-corrected chi connectivity index (χ0v) is 35.3. The number of methoxy groups -OCH3 is 1. The Labute approximate surface area is 346 Å². The third-order valence-corrected chi connectivity index (χ3v) is 13.7. The summed E-state index contributed by atoms with van der Waals surface area (Å²) in [5, 5.41) is 9.77. The van der Waals surface area contributed by atoms with Crippen molar-refractivity contribution in [1.29, 1.82) is 0 Å². The summed E-state index contributed by atoms with van der Waals surface area (Å²) in [4.78, 5) is 66.3. The van der Waals surface area contributed by atoms with Gasteiger partial charge in [-0.25, -0.2) is 4.98 Å². The molecule has 0 spiro atoms. The predicted molar refractivity (Wildman–Crippen MR) is 228 cm³/mol. The lowest BCUT2D eigenvalue weighted by atomic mass is 10.0. The number of benzene rings is 3. The van der Waals surface area contributed by atoms with Crippen LogP contribution in [0.15, 0.2) is 71.8 Å². The maximum Gasteiger partial charge on any atom is 0.263 e. The highest BCUT2D eigenvalue weighted by molar-refractivity contribution is 7.99. The molecule has 3 aromatic carbocycles. The highest BCUT2D eigenvalue weighted by Crippen LogP contribution is 2.39. The molecule has 304 valence electrons. The predicted octanol–water partition coefficient (Wildman–Crippen LogP) is 6.36. The molecule has 0 bridgehead atoms. The van der Waals surface area contributed by atoms with Crippen molar-refractivity contribution in [2.24, 2.45) is 0 Å². The molecule has 0 aliphatic carbocycles. The third kappa shape index (κ3) is 8.87. The Morgan fingerprint density at radius 3 is 2.50 bits per heavy atom. The van der Waals surface area contributed by atoms with E-state index in [4.69, 9.17) is 16.3 Å². The Hall–Kier alpha value is -4.95. The Bertz CT molecular complexity index is 2300. The van der Waals surface area contributed by atoms with Crippen molar-refractivity contribution in [2.75, 3.05) is 68.4 Å². The van der Waals surface area contributed by atoms with E-state index >= 15 is 0 Å². The average molecular weight is 845 g/mol. The molecule has 3 aliphatic heterocycles. The first kappa shape index (κ1) is 41.2. The van der Waals surface area contributed by atoms with Gasteiger partial charge in [0.05, 0.1) is 35.8 Å². The maximum atomic E-state index is 13.4. The first-order chi connectivity index (χ1) is 27.8. The lowest BCUT2D eigenvalue weighted by molar-refractivity contribution is -0.136. The summed E-state index contributed by atoms with van der Waals surface area (Å²) in [5.41, 5.74) is 3.06. The summed E-state index contributed by atoms with van der Waals surface area (Å²) in [6.07, 6.45) is 4.60. The molecule has 3 N–H and O–H groups in total. The number of nitrogens with one attached hydrogen (secondary N) is 3. The maximum absolute atomic E-state index is 13.4. The number of piperidine rings is 2. The van der Waals surface area contributed by atoms with Gasteiger partial charge in [0, 0.05) is 47.5 Å². The fourth-order valence-electron chi connectivity index (χ4n) is 7.64. The van der Waals surface area contributed by atoms with E-state index in [2.05, 4.69) is 48.8 Å². The number of aromatic nitrogens is 2. The van der Waals surface area contributed by atoms with Gasteiger partial charge in [-0.1, -0.05) is 29.8 Å². The first-order valence-electron chi connectivity index (χ1n) is 19.1. The number of hydrogen-bond acceptors (Lipinski definition) is 13. The van der Waals surface area contributed by atoms with Crippen LogP contribution in [-0.4, -0.2) is 108 Å². The SMILES string of the molecule is COc1cc(N2CCC(N(C)CCCSc3cccc4c3C(=O)N(C3CCC(=O)NC3=O)C4=O)CC2)ccc1Nc1ncc(Cl)c(Nc2ccccc2P(C)(C)=O)n1. The topological polar surface area (TPSA) is 166 Å². The Kier molecular flexibility index (Phi) is 12.4. The summed E-state index contributed by atoms with van der Waals surface area (Å²) in [6.45, 7) is 6.09. The minimum Gasteiger partial charge on any atom is -0.494 e. The van der Waals surface area contributed by atoms with Crippen molar-refractivity contribution in [3.8, 4) is 5.75 Å². The Morgan fingerprint density at radius 1 is 0.983 bits per heavy atom. The van der Waals surface area contributed by atoms with Crippen LogP contribution in [0.2, 0.25) is 5.02 Å². The molecular formula is C41H46ClN8O6PS. The van der Waals surface area contributed by atoms with Gasteiger partial charge in [0.1, 0.15) is 24.0 Å². The van der Waals surface area contributed by atoms with Gasteiger partial charge in [-0.3, -0.25) is 29.4 Å². The van der Waals surface area contributed by atoms with Crippen LogP contribution in [0.4, 0.5) is 28.8 Å². The molecule has 2 saturated heterocycles. The van der Waals surface area contributed by atoms with Crippen molar-refractivity contribution in [2.45, 2.75) is 49.1 Å². The van der Waals surface area contributed by atoms with Crippen molar-refractivity contribution in [3.63, 3.8) is 0 Å². The highest BCUT2D eigenvalue weighted by atomic mass is 35.5. The van der Waals surface area contributed by atoms with Crippen LogP contribution in [0.5, 0.6) is 5.75 Å². The van der Waals surface area contributed by atoms with E-state index < -0.39 is 36.8 Å². The van der Waals surface area contributed by atoms with E-state index in [1.807, 2.05) is 42.5 Å². The minimum atomic E-state index is -2.56. The quantitative estimate of drug-likeness (QED) is 0.0557. The number of carbonyl (C=O) groups excluding carboxylic acids is 4. The van der Waals surface area contributed by atoms with E-state index in [1.54, 1.807) is 44.3 Å². The Balaban J connectivity index is 0.905. The summed E-state index contributed by atoms with van der Waals surface area (Å²) >= 11 is 8.01. The van der Waals surface area contributed by atoms with Crippen molar-refractivity contribution >= 4 is 88.3 Å². The molecule has 58 heavy (non-hydrogen) atoms. The monoisotopic (exact) mass is 844 g/mol. The van der Waals surface area contributed by atoms with Gasteiger partial charge in [-0.15, -0.1) is 11.8 Å². The van der Waals surface area contributed by atoms with Crippen LogP contribution in [0.25, 0.3) is 0 Å². The van der Waals surface area contributed by atoms with Crippen molar-refractivity contribution in [3.05, 3.63) is 83.0 Å². The number of carbonyl (C=O) groups is 4.